The van der Waals surface area contributed by atoms with Crippen LogP contribution in [0.3, 0.4) is 0 Å². The predicted octanol–water partition coefficient (Wildman–Crippen LogP) is 4.34. The fraction of sp³-hybridized carbons (Fsp3) is 0.227. The zero-order chi connectivity index (χ0) is 22.2. The summed E-state index contributed by atoms with van der Waals surface area (Å²) in [6.07, 6.45) is -1.32. The van der Waals surface area contributed by atoms with Gasteiger partial charge in [-0.2, -0.15) is 18.3 Å². The molecule has 1 fully saturated rings. The molecular weight excluding hydrogens is 409 g/mol. The summed E-state index contributed by atoms with van der Waals surface area (Å²) in [6.45, 7) is 1.59. The summed E-state index contributed by atoms with van der Waals surface area (Å²) in [7, 11) is 0. The molecule has 31 heavy (non-hydrogen) atoms. The van der Waals surface area contributed by atoms with Crippen LogP contribution in [0.2, 0.25) is 0 Å². The number of anilines is 1. The van der Waals surface area contributed by atoms with Crippen molar-refractivity contribution in [3.05, 3.63) is 77.1 Å². The summed E-state index contributed by atoms with van der Waals surface area (Å²) in [6, 6.07) is 11.5. The number of halogens is 3. The molecule has 0 atom stereocenters. The second-order valence-corrected chi connectivity index (χ2v) is 7.35. The van der Waals surface area contributed by atoms with Crippen LogP contribution in [-0.2, 0) is 6.18 Å². The molecule has 6 nitrogen and oxygen atoms in total. The summed E-state index contributed by atoms with van der Waals surface area (Å²) in [5.74, 6) is -0.780. The number of carbonyl (C=O) groups is 2. The van der Waals surface area contributed by atoms with Gasteiger partial charge in [0.2, 0.25) is 0 Å². The van der Waals surface area contributed by atoms with E-state index in [9.17, 15) is 22.8 Å². The average molecular weight is 428 g/mol. The van der Waals surface area contributed by atoms with Crippen LogP contribution in [0.4, 0.5) is 18.9 Å². The Kier molecular flexibility index (Phi) is 5.26. The normalized spacial score (nSPS) is 13.7. The highest BCUT2D eigenvalue weighted by Crippen LogP contribution is 2.30. The maximum atomic E-state index is 13.0. The maximum absolute atomic E-state index is 13.0. The van der Waals surface area contributed by atoms with E-state index in [1.165, 1.54) is 23.0 Å². The smallest absolute Gasteiger partial charge is 0.349 e. The van der Waals surface area contributed by atoms with E-state index < -0.39 is 17.6 Å². The van der Waals surface area contributed by atoms with Crippen molar-refractivity contribution in [1.82, 2.24) is 15.1 Å². The lowest BCUT2D eigenvalue weighted by Gasteiger charge is -2.12. The lowest BCUT2D eigenvalue weighted by molar-refractivity contribution is -0.137. The highest BCUT2D eigenvalue weighted by Gasteiger charge is 2.31. The van der Waals surface area contributed by atoms with Crippen molar-refractivity contribution in [1.29, 1.82) is 0 Å². The molecule has 2 amide bonds. The van der Waals surface area contributed by atoms with E-state index in [0.29, 0.717) is 16.9 Å². The molecule has 2 aromatic carbocycles. The average Bonchev–Trinajstić information content (AvgIpc) is 3.46. The topological polar surface area (TPSA) is 76.0 Å². The number of benzene rings is 2. The van der Waals surface area contributed by atoms with Crippen molar-refractivity contribution >= 4 is 17.5 Å². The Bertz CT molecular complexity index is 1150. The van der Waals surface area contributed by atoms with Crippen molar-refractivity contribution in [2.24, 2.45) is 0 Å². The summed E-state index contributed by atoms with van der Waals surface area (Å²) in [5, 5.41) is 9.68. The minimum Gasteiger partial charge on any atom is -0.349 e. The Labute approximate surface area is 176 Å². The minimum absolute atomic E-state index is 0.171. The molecule has 0 unspecified atom stereocenters. The van der Waals surface area contributed by atoms with Gasteiger partial charge in [-0.1, -0.05) is 18.2 Å². The standard InChI is InChI=1S/C22H19F3N4O2/c1-13-18(12-26-29(13)16-6-4-5-14(11-16)22(23,24)25)21(31)28-19-8-3-2-7-17(19)20(30)27-15-9-10-15/h2-8,11-12,15H,9-10H2,1H3,(H,27,30)(H,28,31). The minimum atomic E-state index is -4.48. The van der Waals surface area contributed by atoms with Crippen molar-refractivity contribution in [2.75, 3.05) is 5.32 Å². The number of nitrogens with one attached hydrogen (secondary N) is 2. The van der Waals surface area contributed by atoms with Crippen molar-refractivity contribution in [3.8, 4) is 5.69 Å². The Hall–Kier alpha value is -3.62. The Morgan fingerprint density at radius 1 is 1.03 bits per heavy atom. The monoisotopic (exact) mass is 428 g/mol. The van der Waals surface area contributed by atoms with Crippen LogP contribution in [0.25, 0.3) is 5.69 Å². The van der Waals surface area contributed by atoms with Gasteiger partial charge in [-0.15, -0.1) is 0 Å². The highest BCUT2D eigenvalue weighted by molar-refractivity contribution is 6.09. The summed E-state index contributed by atoms with van der Waals surface area (Å²) in [5.41, 5.74) is 0.631. The molecule has 0 radical (unpaired) electrons. The number of amides is 2. The van der Waals surface area contributed by atoms with Crippen LogP contribution in [0, 0.1) is 6.92 Å². The molecule has 1 aliphatic rings. The van der Waals surface area contributed by atoms with Crippen molar-refractivity contribution < 1.29 is 22.8 Å². The molecular formula is C22H19F3N4O2. The van der Waals surface area contributed by atoms with Gasteiger partial charge < -0.3 is 10.6 Å². The first kappa shape index (κ1) is 20.6. The van der Waals surface area contributed by atoms with Gasteiger partial charge in [-0.3, -0.25) is 9.59 Å². The van der Waals surface area contributed by atoms with Crippen LogP contribution in [-0.4, -0.2) is 27.6 Å². The zero-order valence-electron chi connectivity index (χ0n) is 16.5. The molecule has 1 saturated carbocycles. The van der Waals surface area contributed by atoms with Crippen LogP contribution in [0.1, 0.15) is 44.8 Å². The van der Waals surface area contributed by atoms with E-state index >= 15 is 0 Å². The van der Waals surface area contributed by atoms with Gasteiger partial charge in [0.25, 0.3) is 11.8 Å². The number of para-hydroxylation sites is 1. The molecule has 0 spiro atoms. The fourth-order valence-electron chi connectivity index (χ4n) is 3.18. The van der Waals surface area contributed by atoms with E-state index in [2.05, 4.69) is 15.7 Å². The van der Waals surface area contributed by atoms with Gasteiger partial charge >= 0.3 is 6.18 Å². The molecule has 9 heteroatoms. The van der Waals surface area contributed by atoms with E-state index in [1.807, 2.05) is 0 Å². The number of alkyl halides is 3. The number of hydrogen-bond acceptors (Lipinski definition) is 3. The third-order valence-corrected chi connectivity index (χ3v) is 5.00. The zero-order valence-corrected chi connectivity index (χ0v) is 16.5. The molecule has 3 aromatic rings. The van der Waals surface area contributed by atoms with E-state index in [-0.39, 0.29) is 23.2 Å². The largest absolute Gasteiger partial charge is 0.416 e. The summed E-state index contributed by atoms with van der Waals surface area (Å²) in [4.78, 5) is 25.3. The van der Waals surface area contributed by atoms with E-state index in [4.69, 9.17) is 0 Å². The van der Waals surface area contributed by atoms with Gasteiger partial charge in [0.1, 0.15) is 0 Å². The van der Waals surface area contributed by atoms with Crippen LogP contribution < -0.4 is 10.6 Å². The number of nitrogens with zero attached hydrogens (tertiary/aromatic N) is 2. The molecule has 0 saturated heterocycles. The fourth-order valence-corrected chi connectivity index (χ4v) is 3.18. The van der Waals surface area contributed by atoms with Crippen molar-refractivity contribution in [3.63, 3.8) is 0 Å². The van der Waals surface area contributed by atoms with E-state index in [0.717, 1.165) is 25.0 Å². The number of rotatable bonds is 5. The highest BCUT2D eigenvalue weighted by atomic mass is 19.4. The maximum Gasteiger partial charge on any atom is 0.416 e. The first-order chi connectivity index (χ1) is 14.7. The third-order valence-electron chi connectivity index (χ3n) is 5.00. The second kappa shape index (κ2) is 7.90. The molecule has 1 aliphatic carbocycles. The molecule has 1 heterocycles. The summed E-state index contributed by atoms with van der Waals surface area (Å²) < 4.78 is 40.3. The van der Waals surface area contributed by atoms with Crippen LogP contribution >= 0.6 is 0 Å². The molecule has 160 valence electrons. The number of hydrogen-bond donors (Lipinski definition) is 2. The van der Waals surface area contributed by atoms with Gasteiger partial charge in [0.15, 0.2) is 0 Å². The molecule has 4 rings (SSSR count). The first-order valence-electron chi connectivity index (χ1n) is 9.67. The Balaban J connectivity index is 1.58. The third kappa shape index (κ3) is 4.45. The number of carbonyl (C=O) groups excluding carboxylic acids is 2. The second-order valence-electron chi connectivity index (χ2n) is 7.35. The Morgan fingerprint density at radius 3 is 2.48 bits per heavy atom. The molecule has 0 aliphatic heterocycles. The van der Waals surface area contributed by atoms with Gasteiger partial charge in [0, 0.05) is 6.04 Å². The van der Waals surface area contributed by atoms with Gasteiger partial charge in [0.05, 0.1) is 40.0 Å². The van der Waals surface area contributed by atoms with Gasteiger partial charge in [-0.05, 0) is 50.1 Å². The molecule has 0 bridgehead atoms. The summed E-state index contributed by atoms with van der Waals surface area (Å²) >= 11 is 0. The van der Waals surface area contributed by atoms with Crippen LogP contribution in [0.5, 0.6) is 0 Å². The lowest BCUT2D eigenvalue weighted by Crippen LogP contribution is -2.27. The number of aromatic nitrogens is 2. The lowest BCUT2D eigenvalue weighted by atomic mass is 10.1. The van der Waals surface area contributed by atoms with Crippen molar-refractivity contribution in [2.45, 2.75) is 32.0 Å². The SMILES string of the molecule is Cc1c(C(=O)Nc2ccccc2C(=O)NC2CC2)cnn1-c1cccc(C(F)(F)F)c1. The van der Waals surface area contributed by atoms with Gasteiger partial charge in [-0.25, -0.2) is 4.68 Å². The van der Waals surface area contributed by atoms with Crippen LogP contribution in [0.15, 0.2) is 54.7 Å². The quantitative estimate of drug-likeness (QED) is 0.635. The predicted molar refractivity (Wildman–Crippen MR) is 108 cm³/mol. The molecule has 1 aromatic heterocycles. The molecule has 2 N–H and O–H groups in total. The first-order valence-corrected chi connectivity index (χ1v) is 9.67. The van der Waals surface area contributed by atoms with E-state index in [1.54, 1.807) is 31.2 Å². The Morgan fingerprint density at radius 2 is 1.77 bits per heavy atom.